The average Bonchev–Trinajstić information content (AvgIpc) is 2.78. The molecule has 0 aromatic carbocycles. The zero-order chi connectivity index (χ0) is 21.3. The van der Waals surface area contributed by atoms with E-state index in [-0.39, 0.29) is 0 Å². The molecule has 0 radical (unpaired) electrons. The number of hydrogen-bond acceptors (Lipinski definition) is 8. The molecule has 2 aliphatic heterocycles. The summed E-state index contributed by atoms with van der Waals surface area (Å²) >= 11 is 0. The second-order valence-electron chi connectivity index (χ2n) is 7.70. The maximum absolute atomic E-state index is 11.6. The average molecular weight is 427 g/mol. The van der Waals surface area contributed by atoms with E-state index in [1.165, 1.54) is 0 Å². The van der Waals surface area contributed by atoms with Gasteiger partial charge >= 0.3 is 11.9 Å². The molecule has 2 rings (SSSR count). The molecule has 2 fully saturated rings. The van der Waals surface area contributed by atoms with Gasteiger partial charge in [0.1, 0.15) is 0 Å². The third-order valence-corrected chi connectivity index (χ3v) is 5.29. The molecular formula is C22H38N2O6. The summed E-state index contributed by atoms with van der Waals surface area (Å²) < 4.78 is 20.9. The van der Waals surface area contributed by atoms with E-state index in [4.69, 9.17) is 18.9 Å². The molecule has 0 aliphatic carbocycles. The molecule has 0 bridgehead atoms. The second-order valence-corrected chi connectivity index (χ2v) is 7.70. The summed E-state index contributed by atoms with van der Waals surface area (Å²) in [7, 11) is 0. The van der Waals surface area contributed by atoms with E-state index >= 15 is 0 Å². The molecule has 172 valence electrons. The van der Waals surface area contributed by atoms with Crippen LogP contribution in [0.4, 0.5) is 0 Å². The van der Waals surface area contributed by atoms with Gasteiger partial charge in [0.15, 0.2) is 0 Å². The number of morpholine rings is 2. The summed E-state index contributed by atoms with van der Waals surface area (Å²) in [6.45, 7) is 10.2. The fourth-order valence-corrected chi connectivity index (χ4v) is 3.46. The van der Waals surface area contributed by atoms with Gasteiger partial charge in [-0.3, -0.25) is 9.80 Å². The van der Waals surface area contributed by atoms with Gasteiger partial charge in [-0.15, -0.1) is 0 Å². The summed E-state index contributed by atoms with van der Waals surface area (Å²) in [5.74, 6) is -0.990. The van der Waals surface area contributed by atoms with Crippen molar-refractivity contribution in [3.05, 3.63) is 12.2 Å². The van der Waals surface area contributed by atoms with Crippen LogP contribution >= 0.6 is 0 Å². The quantitative estimate of drug-likeness (QED) is 0.236. The van der Waals surface area contributed by atoms with Crippen molar-refractivity contribution in [3.8, 4) is 0 Å². The number of carbonyl (C=O) groups excluding carboxylic acids is 2. The number of esters is 2. The first kappa shape index (κ1) is 24.8. The van der Waals surface area contributed by atoms with Gasteiger partial charge in [-0.05, 0) is 51.6 Å². The fourth-order valence-electron chi connectivity index (χ4n) is 3.46. The molecule has 0 amide bonds. The maximum Gasteiger partial charge on any atom is 0.331 e. The SMILES string of the molecule is O=C(C=CC(=O)OCCCCCN1CCOCC1)OCCCCCN1CCOCC1. The van der Waals surface area contributed by atoms with Crippen molar-refractivity contribution in [1.82, 2.24) is 9.80 Å². The Morgan fingerprint density at radius 3 is 1.43 bits per heavy atom. The van der Waals surface area contributed by atoms with E-state index in [2.05, 4.69) is 9.80 Å². The highest BCUT2D eigenvalue weighted by molar-refractivity contribution is 5.91. The Kier molecular flexibility index (Phi) is 13.4. The lowest BCUT2D eigenvalue weighted by atomic mass is 10.2. The van der Waals surface area contributed by atoms with Crippen LogP contribution in [0.25, 0.3) is 0 Å². The van der Waals surface area contributed by atoms with Crippen LogP contribution < -0.4 is 0 Å². The van der Waals surface area contributed by atoms with Crippen LogP contribution in [-0.2, 0) is 28.5 Å². The first-order valence-corrected chi connectivity index (χ1v) is 11.4. The molecule has 8 nitrogen and oxygen atoms in total. The fraction of sp³-hybridized carbons (Fsp3) is 0.818. The molecule has 0 aromatic rings. The Hall–Kier alpha value is -1.48. The van der Waals surface area contributed by atoms with Gasteiger partial charge in [0.2, 0.25) is 0 Å². The maximum atomic E-state index is 11.6. The van der Waals surface area contributed by atoms with Crippen LogP contribution in [0.2, 0.25) is 0 Å². The van der Waals surface area contributed by atoms with E-state index in [1.54, 1.807) is 0 Å². The highest BCUT2D eigenvalue weighted by Gasteiger charge is 2.10. The summed E-state index contributed by atoms with van der Waals surface area (Å²) in [6, 6.07) is 0. The third-order valence-electron chi connectivity index (χ3n) is 5.29. The predicted octanol–water partition coefficient (Wildman–Crippen LogP) is 1.63. The van der Waals surface area contributed by atoms with Crippen LogP contribution in [0.1, 0.15) is 38.5 Å². The highest BCUT2D eigenvalue weighted by Crippen LogP contribution is 2.04. The second kappa shape index (κ2) is 16.2. The van der Waals surface area contributed by atoms with Gasteiger partial charge in [0.05, 0.1) is 39.6 Å². The standard InChI is InChI=1S/C22H38N2O6/c25-21(29-15-5-1-3-9-23-11-17-27-18-12-23)7-8-22(26)30-16-6-2-4-10-24-13-19-28-20-14-24/h7-8H,1-6,9-20H2. The first-order valence-electron chi connectivity index (χ1n) is 11.4. The largest absolute Gasteiger partial charge is 0.463 e. The molecule has 0 aromatic heterocycles. The van der Waals surface area contributed by atoms with Crippen molar-refractivity contribution in [2.75, 3.05) is 78.9 Å². The van der Waals surface area contributed by atoms with Crippen LogP contribution in [0.15, 0.2) is 12.2 Å². The summed E-state index contributed by atoms with van der Waals surface area (Å²) in [4.78, 5) is 28.1. The summed E-state index contributed by atoms with van der Waals surface area (Å²) in [5.41, 5.74) is 0. The van der Waals surface area contributed by atoms with Crippen molar-refractivity contribution in [1.29, 1.82) is 0 Å². The summed E-state index contributed by atoms with van der Waals surface area (Å²) in [5, 5.41) is 0. The molecule has 2 heterocycles. The molecule has 2 saturated heterocycles. The lowest BCUT2D eigenvalue weighted by Gasteiger charge is -2.26. The highest BCUT2D eigenvalue weighted by atomic mass is 16.5. The van der Waals surface area contributed by atoms with Crippen molar-refractivity contribution >= 4 is 11.9 Å². The van der Waals surface area contributed by atoms with Crippen LogP contribution in [0.3, 0.4) is 0 Å². The predicted molar refractivity (Wildman–Crippen MR) is 113 cm³/mol. The van der Waals surface area contributed by atoms with Gasteiger partial charge in [-0.2, -0.15) is 0 Å². The Morgan fingerprint density at radius 2 is 1.03 bits per heavy atom. The van der Waals surface area contributed by atoms with Gasteiger partial charge in [-0.25, -0.2) is 9.59 Å². The number of carbonyl (C=O) groups is 2. The van der Waals surface area contributed by atoms with Gasteiger partial charge in [0, 0.05) is 38.3 Å². The van der Waals surface area contributed by atoms with Crippen LogP contribution in [0, 0.1) is 0 Å². The molecule has 2 aliphatic rings. The molecular weight excluding hydrogens is 388 g/mol. The Bertz CT molecular complexity index is 458. The van der Waals surface area contributed by atoms with Gasteiger partial charge < -0.3 is 18.9 Å². The van der Waals surface area contributed by atoms with Crippen molar-refractivity contribution < 1.29 is 28.5 Å². The molecule has 8 heteroatoms. The van der Waals surface area contributed by atoms with Gasteiger partial charge in [-0.1, -0.05) is 0 Å². The minimum Gasteiger partial charge on any atom is -0.463 e. The Balaban J connectivity index is 1.37. The number of ether oxygens (including phenoxy) is 4. The smallest absolute Gasteiger partial charge is 0.331 e. The normalized spacial score (nSPS) is 18.5. The van der Waals surface area contributed by atoms with Crippen molar-refractivity contribution in [2.45, 2.75) is 38.5 Å². The van der Waals surface area contributed by atoms with Crippen molar-refractivity contribution in [2.24, 2.45) is 0 Å². The third kappa shape index (κ3) is 12.3. The molecule has 0 atom stereocenters. The molecule has 0 N–H and O–H groups in total. The van der Waals surface area contributed by atoms with E-state index < -0.39 is 11.9 Å². The van der Waals surface area contributed by atoms with E-state index in [9.17, 15) is 9.59 Å². The lowest BCUT2D eigenvalue weighted by molar-refractivity contribution is -0.140. The molecule has 30 heavy (non-hydrogen) atoms. The monoisotopic (exact) mass is 426 g/mol. The molecule has 0 spiro atoms. The van der Waals surface area contributed by atoms with E-state index in [0.29, 0.717) is 13.2 Å². The summed E-state index contributed by atoms with van der Waals surface area (Å²) in [6.07, 6.45) is 8.17. The van der Waals surface area contributed by atoms with E-state index in [1.807, 2.05) is 0 Å². The molecule has 0 unspecified atom stereocenters. The van der Waals surface area contributed by atoms with Gasteiger partial charge in [0.25, 0.3) is 0 Å². The topological polar surface area (TPSA) is 77.5 Å². The Labute approximate surface area is 180 Å². The van der Waals surface area contributed by atoms with Crippen LogP contribution in [0.5, 0.6) is 0 Å². The number of unbranched alkanes of at least 4 members (excludes halogenated alkanes) is 4. The zero-order valence-electron chi connectivity index (χ0n) is 18.2. The van der Waals surface area contributed by atoms with Crippen molar-refractivity contribution in [3.63, 3.8) is 0 Å². The molecule has 0 saturated carbocycles. The first-order chi connectivity index (χ1) is 14.7. The number of hydrogen-bond donors (Lipinski definition) is 0. The minimum absolute atomic E-state index is 0.379. The Morgan fingerprint density at radius 1 is 0.633 bits per heavy atom. The minimum atomic E-state index is -0.495. The van der Waals surface area contributed by atoms with E-state index in [0.717, 1.165) is 116 Å². The number of rotatable bonds is 14. The zero-order valence-corrected chi connectivity index (χ0v) is 18.2. The number of nitrogens with zero attached hydrogens (tertiary/aromatic N) is 2. The van der Waals surface area contributed by atoms with Crippen LogP contribution in [-0.4, -0.2) is 101 Å². The lowest BCUT2D eigenvalue weighted by Crippen LogP contribution is -2.36.